The quantitative estimate of drug-likeness (QED) is 0.0109. The van der Waals surface area contributed by atoms with E-state index in [4.69, 9.17) is 33.7 Å². The number of carboxylic acid groups (broad SMARTS) is 1. The number of phosphoric ester groups is 1. The number of phosphoric acid groups is 1. The van der Waals surface area contributed by atoms with Gasteiger partial charge in [-0.3, -0.25) is 38.0 Å². The number of rotatable bonds is 57. The lowest BCUT2D eigenvalue weighted by molar-refractivity contribution is -0.161. The second kappa shape index (κ2) is 54.0. The summed E-state index contributed by atoms with van der Waals surface area (Å²) in [6, 6.07) is 4.81. The molecular formula is C65H114N11O16P. The number of H-pyrrole nitrogens is 1. The highest BCUT2D eigenvalue weighted by Crippen LogP contribution is 2.43. The molecule has 0 bridgehead atoms. The lowest BCUT2D eigenvalue weighted by atomic mass is 10.0. The number of hydrogen-bond acceptors (Lipinski definition) is 21. The van der Waals surface area contributed by atoms with E-state index in [1.807, 2.05) is 0 Å². The third kappa shape index (κ3) is 43.3. The van der Waals surface area contributed by atoms with Crippen LogP contribution in [0, 0.1) is 0 Å². The number of anilines is 2. The number of carbonyl (C=O) groups is 6. The van der Waals surface area contributed by atoms with Crippen molar-refractivity contribution in [2.24, 2.45) is 0 Å². The van der Waals surface area contributed by atoms with Crippen LogP contribution in [0.1, 0.15) is 248 Å². The highest BCUT2D eigenvalue weighted by atomic mass is 31.2. The zero-order valence-electron chi connectivity index (χ0n) is 55.8. The van der Waals surface area contributed by atoms with E-state index in [0.29, 0.717) is 24.2 Å². The molecule has 530 valence electrons. The van der Waals surface area contributed by atoms with E-state index in [1.165, 1.54) is 160 Å². The van der Waals surface area contributed by atoms with Gasteiger partial charge in [-0.1, -0.05) is 194 Å². The van der Waals surface area contributed by atoms with Crippen molar-refractivity contribution in [2.75, 3.05) is 63.8 Å². The predicted molar refractivity (Wildman–Crippen MR) is 359 cm³/mol. The monoisotopic (exact) mass is 1340 g/mol. The first-order valence-corrected chi connectivity index (χ1v) is 35.2. The highest BCUT2D eigenvalue weighted by Gasteiger charge is 2.27. The number of aromatic nitrogens is 4. The van der Waals surface area contributed by atoms with Gasteiger partial charge in [0.05, 0.1) is 44.9 Å². The van der Waals surface area contributed by atoms with Gasteiger partial charge >= 0.3 is 31.8 Å². The number of nitrogens with one attached hydrogen (secondary N) is 5. The predicted octanol–water partition coefficient (Wildman–Crippen LogP) is 12.2. The third-order valence-corrected chi connectivity index (χ3v) is 16.1. The number of carbonyl (C=O) groups excluding carboxylic acids is 5. The molecule has 0 fully saturated rings. The van der Waals surface area contributed by atoms with Crippen molar-refractivity contribution >= 4 is 66.4 Å². The molecule has 0 spiro atoms. The molecule has 0 saturated heterocycles. The first-order chi connectivity index (χ1) is 44.1. The molecule has 15 N–H and O–H groups in total. The minimum absolute atomic E-state index is 0. The zero-order chi connectivity index (χ0) is 66.0. The molecule has 93 heavy (non-hydrogen) atoms. The Labute approximate surface area is 550 Å². The minimum atomic E-state index is -4.72. The molecule has 0 aliphatic heterocycles. The fraction of sp³-hybridized carbons (Fsp3) is 0.723. The molecule has 1 aromatic carbocycles. The Balaban J connectivity index is 0.0000216. The van der Waals surface area contributed by atoms with Crippen LogP contribution >= 0.6 is 7.82 Å². The summed E-state index contributed by atoms with van der Waals surface area (Å²) < 4.78 is 44.4. The number of esters is 2. The van der Waals surface area contributed by atoms with Crippen molar-refractivity contribution in [1.29, 1.82) is 0 Å². The summed E-state index contributed by atoms with van der Waals surface area (Å²) in [4.78, 5) is 112. The van der Waals surface area contributed by atoms with Crippen LogP contribution in [0.5, 0.6) is 0 Å². The topological polar surface area (TPSA) is 431 Å². The smallest absolute Gasteiger partial charge is 0.472 e. The van der Waals surface area contributed by atoms with Gasteiger partial charge in [0.2, 0.25) is 11.9 Å². The summed E-state index contributed by atoms with van der Waals surface area (Å²) in [7, 11) is -4.72. The maximum Gasteiger partial charge on any atom is 0.472 e. The molecule has 2 heterocycles. The van der Waals surface area contributed by atoms with Crippen molar-refractivity contribution < 1.29 is 71.3 Å². The number of benzene rings is 1. The van der Waals surface area contributed by atoms with Gasteiger partial charge in [-0.25, -0.2) is 24.1 Å². The SMILES string of the molecule is CCCCCCCCCCCCCCCCCC(=O)OCC(COP(=O)(O)OCCNC(=O)OCCOCCNC(=O)CCC(NC(=O)c1ccc(NCc2cnc3nc(N)[nH]c(=O)c3n2)cc1)C(=O)O)OC(=O)CCCCCCCCCCCCCCCCC.N.N. The van der Waals surface area contributed by atoms with E-state index in [-0.39, 0.29) is 107 Å². The average molecular weight is 1340 g/mol. The Morgan fingerprint density at radius 1 is 0.613 bits per heavy atom. The number of hydrogen-bond donors (Lipinski definition) is 10. The second-order valence-corrected chi connectivity index (χ2v) is 24.6. The number of aliphatic carboxylic acids is 1. The van der Waals surface area contributed by atoms with Crippen molar-refractivity contribution in [3.63, 3.8) is 0 Å². The summed E-state index contributed by atoms with van der Waals surface area (Å²) >= 11 is 0. The lowest BCUT2D eigenvalue weighted by Gasteiger charge is -2.20. The van der Waals surface area contributed by atoms with E-state index >= 15 is 0 Å². The van der Waals surface area contributed by atoms with Crippen molar-refractivity contribution in [1.82, 2.24) is 48.2 Å². The molecule has 28 heteroatoms. The Kier molecular flexibility index (Phi) is 49.1. The maximum absolute atomic E-state index is 12.9. The van der Waals surface area contributed by atoms with Gasteiger partial charge in [-0.2, -0.15) is 4.98 Å². The van der Waals surface area contributed by atoms with Crippen LogP contribution < -0.4 is 44.9 Å². The van der Waals surface area contributed by atoms with E-state index < -0.39 is 74.6 Å². The Hall–Kier alpha value is -6.35. The van der Waals surface area contributed by atoms with Gasteiger partial charge in [-0.05, 0) is 43.5 Å². The van der Waals surface area contributed by atoms with Gasteiger partial charge in [-0.15, -0.1) is 0 Å². The number of nitrogen functional groups attached to an aromatic ring is 1. The molecule has 3 amide bonds. The standard InChI is InChI=1S/C65H108N9O16P.2H3N/c1-3-5-7-9-11-13-15-17-19-21-23-25-27-29-31-33-57(76)87-49-54(90-58(77)34-32-30-28-26-24-22-20-18-16-14-12-10-8-6-4-2)50-89-91(83,84)88-44-42-68-65(82)86-46-45-85-43-41-67-56(75)40-39-55(63(80)81)72-61(78)51-35-37-52(38-36-51)69-47-53-48-70-60-59(71-53)62(79)74-64(66)73-60;;/h35-38,48,54-55,69H,3-34,39-47,49-50H2,1-2H3,(H,67,75)(H,68,82)(H,72,78)(H,80,81)(H,83,84)(H3,66,70,73,74,79);2*1H3. The van der Waals surface area contributed by atoms with E-state index in [9.17, 15) is 48.1 Å². The molecule has 0 aliphatic rings. The summed E-state index contributed by atoms with van der Waals surface area (Å²) in [5.74, 6) is -3.54. The van der Waals surface area contributed by atoms with Crippen molar-refractivity contribution in [3.8, 4) is 0 Å². The summed E-state index contributed by atoms with van der Waals surface area (Å²) in [5.41, 5.74) is 6.38. The first-order valence-electron chi connectivity index (χ1n) is 33.7. The van der Waals surface area contributed by atoms with Crippen molar-refractivity contribution in [3.05, 3.63) is 52.1 Å². The number of nitrogens with zero attached hydrogens (tertiary/aromatic N) is 3. The normalized spacial score (nSPS) is 12.3. The molecule has 0 aliphatic carbocycles. The molecule has 3 atom stereocenters. The molecule has 3 unspecified atom stereocenters. The van der Waals surface area contributed by atoms with Crippen LogP contribution in [0.2, 0.25) is 0 Å². The average Bonchev–Trinajstić information content (AvgIpc) is 0.881. The highest BCUT2D eigenvalue weighted by molar-refractivity contribution is 7.47. The van der Waals surface area contributed by atoms with E-state index in [2.05, 4.69) is 55.1 Å². The van der Waals surface area contributed by atoms with Crippen LogP contribution in [0.25, 0.3) is 11.2 Å². The fourth-order valence-electron chi connectivity index (χ4n) is 9.89. The van der Waals surface area contributed by atoms with Gasteiger partial charge in [0.15, 0.2) is 17.3 Å². The summed E-state index contributed by atoms with van der Waals surface area (Å²) in [5, 5.41) is 20.2. The van der Waals surface area contributed by atoms with Crippen LogP contribution in [-0.2, 0) is 58.3 Å². The first kappa shape index (κ1) is 84.7. The number of amides is 3. The molecule has 0 saturated carbocycles. The molecular weight excluding hydrogens is 1220 g/mol. The largest absolute Gasteiger partial charge is 0.480 e. The number of unbranched alkanes of at least 4 members (excludes halogenated alkanes) is 28. The number of aromatic amines is 1. The number of carboxylic acids is 1. The lowest BCUT2D eigenvalue weighted by Crippen LogP contribution is -2.41. The summed E-state index contributed by atoms with van der Waals surface area (Å²) in [6.45, 7) is 2.91. The van der Waals surface area contributed by atoms with Gasteiger partial charge in [0, 0.05) is 43.6 Å². The molecule has 2 aromatic heterocycles. The van der Waals surface area contributed by atoms with Crippen LogP contribution in [0.15, 0.2) is 35.3 Å². The molecule has 3 aromatic rings. The van der Waals surface area contributed by atoms with E-state index in [1.54, 1.807) is 12.1 Å². The molecule has 0 radical (unpaired) electrons. The summed E-state index contributed by atoms with van der Waals surface area (Å²) in [6.07, 6.45) is 35.2. The van der Waals surface area contributed by atoms with Crippen LogP contribution in [0.4, 0.5) is 16.4 Å². The fourth-order valence-corrected chi connectivity index (χ4v) is 10.6. The third-order valence-electron chi connectivity index (χ3n) is 15.1. The Morgan fingerprint density at radius 2 is 1.13 bits per heavy atom. The Morgan fingerprint density at radius 3 is 1.67 bits per heavy atom. The molecule has 3 rings (SSSR count). The van der Waals surface area contributed by atoms with Crippen LogP contribution in [-0.4, -0.2) is 131 Å². The van der Waals surface area contributed by atoms with Crippen LogP contribution in [0.3, 0.4) is 0 Å². The van der Waals surface area contributed by atoms with Crippen molar-refractivity contribution in [2.45, 2.75) is 251 Å². The number of alkyl carbamates (subject to hydrolysis) is 1. The minimum Gasteiger partial charge on any atom is -0.480 e. The zero-order valence-corrected chi connectivity index (χ0v) is 56.7. The number of ether oxygens (including phenoxy) is 4. The second-order valence-electron chi connectivity index (χ2n) is 23.1. The van der Waals surface area contributed by atoms with Gasteiger partial charge < -0.3 is 68.2 Å². The van der Waals surface area contributed by atoms with Gasteiger partial charge in [0.1, 0.15) is 19.3 Å². The number of fused-ring (bicyclic) bond motifs is 1. The van der Waals surface area contributed by atoms with Gasteiger partial charge in [0.25, 0.3) is 11.5 Å². The molecule has 27 nitrogen and oxygen atoms in total. The number of nitrogens with two attached hydrogens (primary N) is 1. The Bertz CT molecular complexity index is 2620. The van der Waals surface area contributed by atoms with E-state index in [0.717, 1.165) is 38.5 Å². The maximum atomic E-state index is 12.9.